The summed E-state index contributed by atoms with van der Waals surface area (Å²) in [5.74, 6) is -0.644. The monoisotopic (exact) mass is 221 g/mol. The number of fused-ring (bicyclic) bond motifs is 1. The number of halogens is 1. The lowest BCUT2D eigenvalue weighted by molar-refractivity contribution is 0.0934. The lowest BCUT2D eigenvalue weighted by Crippen LogP contribution is -2.29. The van der Waals surface area contributed by atoms with Gasteiger partial charge in [0.05, 0.1) is 6.04 Å². The SMILES string of the molecule is CCC(N)C(=O)c1cc2cccc(F)c2o1. The summed E-state index contributed by atoms with van der Waals surface area (Å²) in [6.45, 7) is 1.81. The molecule has 0 bridgehead atoms. The van der Waals surface area contributed by atoms with Crippen LogP contribution < -0.4 is 5.73 Å². The van der Waals surface area contributed by atoms with Crippen LogP contribution in [0.1, 0.15) is 23.9 Å². The summed E-state index contributed by atoms with van der Waals surface area (Å²) >= 11 is 0. The summed E-state index contributed by atoms with van der Waals surface area (Å²) in [6, 6.07) is 5.48. The van der Waals surface area contributed by atoms with E-state index < -0.39 is 11.9 Å². The Balaban J connectivity index is 2.48. The van der Waals surface area contributed by atoms with Crippen LogP contribution in [0.5, 0.6) is 0 Å². The fourth-order valence-corrected chi connectivity index (χ4v) is 1.52. The Hall–Kier alpha value is -1.68. The molecule has 1 unspecified atom stereocenters. The van der Waals surface area contributed by atoms with E-state index in [1.165, 1.54) is 12.1 Å². The third-order valence-corrected chi connectivity index (χ3v) is 2.52. The molecule has 4 heteroatoms. The van der Waals surface area contributed by atoms with Crippen LogP contribution in [0.15, 0.2) is 28.7 Å². The van der Waals surface area contributed by atoms with Crippen molar-refractivity contribution in [2.45, 2.75) is 19.4 Å². The van der Waals surface area contributed by atoms with Crippen molar-refractivity contribution in [1.82, 2.24) is 0 Å². The number of furan rings is 1. The van der Waals surface area contributed by atoms with Crippen LogP contribution in [0.4, 0.5) is 4.39 Å². The van der Waals surface area contributed by atoms with Crippen LogP contribution in [-0.4, -0.2) is 11.8 Å². The number of para-hydroxylation sites is 1. The van der Waals surface area contributed by atoms with E-state index in [-0.39, 0.29) is 17.1 Å². The zero-order chi connectivity index (χ0) is 11.7. The number of hydrogen-bond acceptors (Lipinski definition) is 3. The molecule has 1 atom stereocenters. The summed E-state index contributed by atoms with van der Waals surface area (Å²) in [5, 5.41) is 0.576. The van der Waals surface area contributed by atoms with E-state index in [2.05, 4.69) is 0 Å². The molecule has 0 spiro atoms. The molecular weight excluding hydrogens is 209 g/mol. The first-order valence-corrected chi connectivity index (χ1v) is 5.11. The number of ketones is 1. The van der Waals surface area contributed by atoms with Gasteiger partial charge in [0.2, 0.25) is 5.78 Å². The van der Waals surface area contributed by atoms with Gasteiger partial charge in [-0.1, -0.05) is 19.1 Å². The van der Waals surface area contributed by atoms with Crippen molar-refractivity contribution in [1.29, 1.82) is 0 Å². The molecule has 3 nitrogen and oxygen atoms in total. The van der Waals surface area contributed by atoms with Crippen molar-refractivity contribution in [2.24, 2.45) is 5.73 Å². The van der Waals surface area contributed by atoms with E-state index in [0.717, 1.165) is 0 Å². The highest BCUT2D eigenvalue weighted by Crippen LogP contribution is 2.22. The van der Waals surface area contributed by atoms with Crippen LogP contribution >= 0.6 is 0 Å². The molecule has 2 rings (SSSR count). The Bertz CT molecular complexity index is 533. The van der Waals surface area contributed by atoms with Crippen LogP contribution in [0.2, 0.25) is 0 Å². The van der Waals surface area contributed by atoms with Crippen molar-refractivity contribution < 1.29 is 13.6 Å². The predicted octanol–water partition coefficient (Wildman–Crippen LogP) is 2.49. The van der Waals surface area contributed by atoms with E-state index in [9.17, 15) is 9.18 Å². The fraction of sp³-hybridized carbons (Fsp3) is 0.250. The lowest BCUT2D eigenvalue weighted by atomic mass is 10.1. The molecule has 0 aliphatic carbocycles. The van der Waals surface area contributed by atoms with Crippen LogP contribution in [-0.2, 0) is 0 Å². The lowest BCUT2D eigenvalue weighted by Gasteiger charge is -2.03. The Morgan fingerprint density at radius 3 is 2.94 bits per heavy atom. The van der Waals surface area contributed by atoms with Crippen molar-refractivity contribution in [3.05, 3.63) is 35.8 Å². The second-order valence-electron chi connectivity index (χ2n) is 3.65. The summed E-state index contributed by atoms with van der Waals surface area (Å²) in [4.78, 5) is 11.7. The number of carbonyl (C=O) groups excluding carboxylic acids is 1. The third-order valence-electron chi connectivity index (χ3n) is 2.52. The number of nitrogens with two attached hydrogens (primary N) is 1. The van der Waals surface area contributed by atoms with Gasteiger partial charge in [0.1, 0.15) is 0 Å². The van der Waals surface area contributed by atoms with Crippen molar-refractivity contribution in [3.8, 4) is 0 Å². The van der Waals surface area contributed by atoms with E-state index in [1.54, 1.807) is 12.1 Å². The van der Waals surface area contributed by atoms with Gasteiger partial charge in [-0.25, -0.2) is 4.39 Å². The minimum Gasteiger partial charge on any atom is -0.450 e. The molecule has 0 saturated carbocycles. The second-order valence-corrected chi connectivity index (χ2v) is 3.65. The molecule has 0 saturated heterocycles. The van der Waals surface area contributed by atoms with Gasteiger partial charge < -0.3 is 10.2 Å². The number of hydrogen-bond donors (Lipinski definition) is 1. The molecule has 1 aromatic heterocycles. The molecule has 0 aliphatic rings. The van der Waals surface area contributed by atoms with Crippen molar-refractivity contribution >= 4 is 16.8 Å². The highest BCUT2D eigenvalue weighted by atomic mass is 19.1. The van der Waals surface area contributed by atoms with Gasteiger partial charge in [-0.15, -0.1) is 0 Å². The average molecular weight is 221 g/mol. The second kappa shape index (κ2) is 4.06. The van der Waals surface area contributed by atoms with Crippen molar-refractivity contribution in [2.75, 3.05) is 0 Å². The van der Waals surface area contributed by atoms with Gasteiger partial charge >= 0.3 is 0 Å². The van der Waals surface area contributed by atoms with Crippen LogP contribution in [0.3, 0.4) is 0 Å². The topological polar surface area (TPSA) is 56.2 Å². The Labute approximate surface area is 92.0 Å². The predicted molar refractivity (Wildman–Crippen MR) is 58.8 cm³/mol. The summed E-state index contributed by atoms with van der Waals surface area (Å²) < 4.78 is 18.5. The molecule has 2 N–H and O–H groups in total. The molecule has 0 amide bonds. The summed E-state index contributed by atoms with van der Waals surface area (Å²) in [7, 11) is 0. The maximum atomic E-state index is 13.3. The van der Waals surface area contributed by atoms with E-state index in [4.69, 9.17) is 10.2 Å². The first-order chi connectivity index (χ1) is 7.63. The Morgan fingerprint density at radius 2 is 2.31 bits per heavy atom. The van der Waals surface area contributed by atoms with Crippen molar-refractivity contribution in [3.63, 3.8) is 0 Å². The first-order valence-electron chi connectivity index (χ1n) is 5.11. The standard InChI is InChI=1S/C12H12FNO2/c1-2-9(14)11(15)10-6-7-4-3-5-8(13)12(7)16-10/h3-6,9H,2,14H2,1H3. The zero-order valence-corrected chi connectivity index (χ0v) is 8.87. The van der Waals surface area contributed by atoms with Crippen LogP contribution in [0, 0.1) is 5.82 Å². The minimum atomic E-state index is -0.594. The molecule has 84 valence electrons. The average Bonchev–Trinajstić information content (AvgIpc) is 2.72. The van der Waals surface area contributed by atoms with Gasteiger partial charge in [0.25, 0.3) is 0 Å². The van der Waals surface area contributed by atoms with E-state index in [0.29, 0.717) is 11.8 Å². The van der Waals surface area contributed by atoms with Gasteiger partial charge in [-0.05, 0) is 18.6 Å². The normalized spacial score (nSPS) is 12.9. The molecular formula is C12H12FNO2. The van der Waals surface area contributed by atoms with E-state index in [1.807, 2.05) is 6.92 Å². The Kier molecular flexibility index (Phi) is 2.75. The zero-order valence-electron chi connectivity index (χ0n) is 8.87. The van der Waals surface area contributed by atoms with Gasteiger partial charge in [0, 0.05) is 5.39 Å². The quantitative estimate of drug-likeness (QED) is 0.810. The molecule has 0 fully saturated rings. The molecule has 0 aliphatic heterocycles. The van der Waals surface area contributed by atoms with Gasteiger partial charge in [-0.2, -0.15) is 0 Å². The smallest absolute Gasteiger partial charge is 0.214 e. The fourth-order valence-electron chi connectivity index (χ4n) is 1.52. The number of rotatable bonds is 3. The van der Waals surface area contributed by atoms with Gasteiger partial charge in [0.15, 0.2) is 17.2 Å². The summed E-state index contributed by atoms with van der Waals surface area (Å²) in [5.41, 5.74) is 5.71. The maximum absolute atomic E-state index is 13.3. The van der Waals surface area contributed by atoms with Crippen LogP contribution in [0.25, 0.3) is 11.0 Å². The van der Waals surface area contributed by atoms with Gasteiger partial charge in [-0.3, -0.25) is 4.79 Å². The molecule has 2 aromatic rings. The minimum absolute atomic E-state index is 0.106. The molecule has 0 radical (unpaired) electrons. The Morgan fingerprint density at radius 1 is 1.56 bits per heavy atom. The number of carbonyl (C=O) groups is 1. The van der Waals surface area contributed by atoms with E-state index >= 15 is 0 Å². The third kappa shape index (κ3) is 1.72. The highest BCUT2D eigenvalue weighted by molar-refractivity contribution is 6.00. The first kappa shape index (κ1) is 10.8. The molecule has 16 heavy (non-hydrogen) atoms. The largest absolute Gasteiger partial charge is 0.450 e. The highest BCUT2D eigenvalue weighted by Gasteiger charge is 2.19. The number of Topliss-reactive ketones (excluding diaryl/α,β-unsaturated/α-hetero) is 1. The molecule has 1 heterocycles. The maximum Gasteiger partial charge on any atom is 0.214 e. The summed E-state index contributed by atoms with van der Waals surface area (Å²) in [6.07, 6.45) is 0.526. The number of benzene rings is 1. The molecule has 1 aromatic carbocycles.